The Labute approximate surface area is 205 Å². The third kappa shape index (κ3) is 7.45. The molecule has 0 saturated carbocycles. The number of hydrogen-bond donors (Lipinski definition) is 1. The molecule has 1 N–H and O–H groups in total. The minimum Gasteiger partial charge on any atom is -0.352 e. The highest BCUT2D eigenvalue weighted by atomic mass is 32.2. The van der Waals surface area contributed by atoms with Gasteiger partial charge in [0.15, 0.2) is 0 Å². The molecule has 2 amide bonds. The van der Waals surface area contributed by atoms with Crippen molar-refractivity contribution in [3.05, 3.63) is 101 Å². The lowest BCUT2D eigenvalue weighted by molar-refractivity contribution is -0.139. The Kier molecular flexibility index (Phi) is 9.28. The Balaban J connectivity index is 1.91. The summed E-state index contributed by atoms with van der Waals surface area (Å²) in [5.41, 5.74) is 2.46. The molecule has 0 aliphatic rings. The molecule has 3 aromatic rings. The number of rotatable bonds is 10. The van der Waals surface area contributed by atoms with Crippen LogP contribution in [0, 0.1) is 12.7 Å². The zero-order chi connectivity index (χ0) is 24.5. The highest BCUT2D eigenvalue weighted by Gasteiger charge is 2.31. The van der Waals surface area contributed by atoms with Crippen molar-refractivity contribution in [1.82, 2.24) is 10.2 Å². The summed E-state index contributed by atoms with van der Waals surface area (Å²) >= 11 is 1.41. The Morgan fingerprint density at radius 2 is 1.59 bits per heavy atom. The Bertz CT molecular complexity index is 1090. The predicted octanol–water partition coefficient (Wildman–Crippen LogP) is 5.39. The summed E-state index contributed by atoms with van der Waals surface area (Å²) in [6, 6.07) is 23.1. The second-order valence-corrected chi connectivity index (χ2v) is 9.63. The molecule has 0 bridgehead atoms. The monoisotopic (exact) mass is 478 g/mol. The summed E-state index contributed by atoms with van der Waals surface area (Å²) < 4.78 is 14.6. The first kappa shape index (κ1) is 25.5. The minimum absolute atomic E-state index is 0.0168. The molecule has 0 heterocycles. The summed E-state index contributed by atoms with van der Waals surface area (Å²) in [7, 11) is 0. The fourth-order valence-corrected chi connectivity index (χ4v) is 4.39. The molecular formula is C28H31FN2O2S. The van der Waals surface area contributed by atoms with Gasteiger partial charge in [-0.25, -0.2) is 4.39 Å². The number of thioether (sulfide) groups is 1. The SMILES string of the molecule is Cc1ccc(SCC(=O)N(Cc2ccccc2F)[C@H](Cc2ccccc2)C(=O)NC(C)C)cc1. The van der Waals surface area contributed by atoms with Gasteiger partial charge in [0.2, 0.25) is 11.8 Å². The summed E-state index contributed by atoms with van der Waals surface area (Å²) in [6.07, 6.45) is 0.342. The normalized spacial score (nSPS) is 11.8. The number of aryl methyl sites for hydroxylation is 1. The van der Waals surface area contributed by atoms with Crippen LogP contribution in [0.1, 0.15) is 30.5 Å². The Morgan fingerprint density at radius 1 is 0.941 bits per heavy atom. The number of carbonyl (C=O) groups is 2. The van der Waals surface area contributed by atoms with E-state index in [2.05, 4.69) is 5.32 Å². The van der Waals surface area contributed by atoms with E-state index in [-0.39, 0.29) is 30.2 Å². The van der Waals surface area contributed by atoms with Crippen molar-refractivity contribution in [2.24, 2.45) is 0 Å². The molecule has 0 fully saturated rings. The molecule has 178 valence electrons. The van der Waals surface area contributed by atoms with Gasteiger partial charge >= 0.3 is 0 Å². The maximum atomic E-state index is 14.6. The summed E-state index contributed by atoms with van der Waals surface area (Å²) in [6.45, 7) is 5.79. The van der Waals surface area contributed by atoms with E-state index in [0.29, 0.717) is 12.0 Å². The molecule has 34 heavy (non-hydrogen) atoms. The number of nitrogens with zero attached hydrogens (tertiary/aromatic N) is 1. The number of carbonyl (C=O) groups excluding carboxylic acids is 2. The summed E-state index contributed by atoms with van der Waals surface area (Å²) in [5.74, 6) is -0.704. The second-order valence-electron chi connectivity index (χ2n) is 8.58. The molecular weight excluding hydrogens is 447 g/mol. The number of benzene rings is 3. The third-order valence-electron chi connectivity index (χ3n) is 5.38. The highest BCUT2D eigenvalue weighted by molar-refractivity contribution is 8.00. The lowest BCUT2D eigenvalue weighted by Gasteiger charge is -2.32. The molecule has 6 heteroatoms. The minimum atomic E-state index is -0.768. The highest BCUT2D eigenvalue weighted by Crippen LogP contribution is 2.22. The molecule has 0 aliphatic carbocycles. The van der Waals surface area contributed by atoms with E-state index in [1.54, 1.807) is 18.2 Å². The molecule has 1 atom stereocenters. The van der Waals surface area contributed by atoms with Gasteiger partial charge in [-0.15, -0.1) is 11.8 Å². The number of amides is 2. The zero-order valence-electron chi connectivity index (χ0n) is 19.8. The summed E-state index contributed by atoms with van der Waals surface area (Å²) in [5, 5.41) is 2.95. The van der Waals surface area contributed by atoms with E-state index in [1.165, 1.54) is 22.7 Å². The lowest BCUT2D eigenvalue weighted by Crippen LogP contribution is -2.52. The van der Waals surface area contributed by atoms with Crippen LogP contribution in [0.25, 0.3) is 0 Å². The van der Waals surface area contributed by atoms with Crippen LogP contribution in [0.4, 0.5) is 4.39 Å². The van der Waals surface area contributed by atoms with Crippen molar-refractivity contribution >= 4 is 23.6 Å². The molecule has 4 nitrogen and oxygen atoms in total. The predicted molar refractivity (Wildman–Crippen MR) is 136 cm³/mol. The number of nitrogens with one attached hydrogen (secondary N) is 1. The van der Waals surface area contributed by atoms with Crippen LogP contribution in [0.15, 0.2) is 83.8 Å². The van der Waals surface area contributed by atoms with E-state index in [1.807, 2.05) is 75.4 Å². The molecule has 0 spiro atoms. The summed E-state index contributed by atoms with van der Waals surface area (Å²) in [4.78, 5) is 29.3. The molecule has 0 unspecified atom stereocenters. The van der Waals surface area contributed by atoms with Crippen LogP contribution in [0.3, 0.4) is 0 Å². The number of hydrogen-bond acceptors (Lipinski definition) is 3. The van der Waals surface area contributed by atoms with Gasteiger partial charge in [0, 0.05) is 29.5 Å². The van der Waals surface area contributed by atoms with Crippen molar-refractivity contribution in [3.63, 3.8) is 0 Å². The van der Waals surface area contributed by atoms with Crippen LogP contribution in [-0.2, 0) is 22.6 Å². The van der Waals surface area contributed by atoms with E-state index in [0.717, 1.165) is 16.0 Å². The average molecular weight is 479 g/mol. The maximum Gasteiger partial charge on any atom is 0.243 e. The van der Waals surface area contributed by atoms with Crippen LogP contribution in [-0.4, -0.2) is 34.6 Å². The van der Waals surface area contributed by atoms with Gasteiger partial charge in [-0.2, -0.15) is 0 Å². The van der Waals surface area contributed by atoms with Crippen LogP contribution >= 0.6 is 11.8 Å². The molecule has 0 saturated heterocycles. The fourth-order valence-electron chi connectivity index (χ4n) is 3.61. The van der Waals surface area contributed by atoms with Crippen molar-refractivity contribution < 1.29 is 14.0 Å². The van der Waals surface area contributed by atoms with Gasteiger partial charge < -0.3 is 10.2 Å². The first-order valence-corrected chi connectivity index (χ1v) is 12.4. The van der Waals surface area contributed by atoms with Gasteiger partial charge in [-0.3, -0.25) is 9.59 Å². The van der Waals surface area contributed by atoms with Crippen molar-refractivity contribution in [3.8, 4) is 0 Å². The van der Waals surface area contributed by atoms with Gasteiger partial charge in [0.1, 0.15) is 11.9 Å². The van der Waals surface area contributed by atoms with E-state index < -0.39 is 11.9 Å². The van der Waals surface area contributed by atoms with Crippen LogP contribution in [0.2, 0.25) is 0 Å². The smallest absolute Gasteiger partial charge is 0.243 e. The van der Waals surface area contributed by atoms with Crippen molar-refractivity contribution in [2.75, 3.05) is 5.75 Å². The fraction of sp³-hybridized carbons (Fsp3) is 0.286. The standard InChI is InChI=1S/C28H31FN2O2S/c1-20(2)30-28(33)26(17-22-9-5-4-6-10-22)31(18-23-11-7-8-12-25(23)29)27(32)19-34-24-15-13-21(3)14-16-24/h4-16,20,26H,17-19H2,1-3H3,(H,30,33)/t26-/m1/s1. The maximum absolute atomic E-state index is 14.6. The van der Waals surface area contributed by atoms with Crippen molar-refractivity contribution in [1.29, 1.82) is 0 Å². The molecule has 0 aliphatic heterocycles. The molecule has 3 rings (SSSR count). The molecule has 0 radical (unpaired) electrons. The van der Waals surface area contributed by atoms with Crippen LogP contribution < -0.4 is 5.32 Å². The van der Waals surface area contributed by atoms with Gasteiger partial charge in [0.05, 0.1) is 5.75 Å². The van der Waals surface area contributed by atoms with E-state index in [9.17, 15) is 14.0 Å². The quantitative estimate of drug-likeness (QED) is 0.398. The Morgan fingerprint density at radius 3 is 2.24 bits per heavy atom. The third-order valence-corrected chi connectivity index (χ3v) is 6.38. The first-order chi connectivity index (χ1) is 16.3. The van der Waals surface area contributed by atoms with Gasteiger partial charge in [-0.1, -0.05) is 66.2 Å². The Hall–Kier alpha value is -3.12. The lowest BCUT2D eigenvalue weighted by atomic mass is 10.0. The molecule has 3 aromatic carbocycles. The second kappa shape index (κ2) is 12.4. The van der Waals surface area contributed by atoms with Gasteiger partial charge in [-0.05, 0) is 44.5 Å². The zero-order valence-corrected chi connectivity index (χ0v) is 20.6. The topological polar surface area (TPSA) is 49.4 Å². The largest absolute Gasteiger partial charge is 0.352 e. The van der Waals surface area contributed by atoms with Crippen molar-refractivity contribution in [2.45, 2.75) is 50.7 Å². The first-order valence-electron chi connectivity index (χ1n) is 11.4. The van der Waals surface area contributed by atoms with E-state index in [4.69, 9.17) is 0 Å². The number of halogens is 1. The van der Waals surface area contributed by atoms with Gasteiger partial charge in [0.25, 0.3) is 0 Å². The molecule has 0 aromatic heterocycles. The van der Waals surface area contributed by atoms with Crippen LogP contribution in [0.5, 0.6) is 0 Å². The average Bonchev–Trinajstić information content (AvgIpc) is 2.82. The van der Waals surface area contributed by atoms with E-state index >= 15 is 0 Å².